The van der Waals surface area contributed by atoms with Crippen LogP contribution in [-0.4, -0.2) is 68.3 Å². The van der Waals surface area contributed by atoms with Gasteiger partial charge in [-0.2, -0.15) is 0 Å². The van der Waals surface area contributed by atoms with Crippen molar-refractivity contribution in [3.05, 3.63) is 65.9 Å². The Morgan fingerprint density at radius 3 is 2.48 bits per heavy atom. The van der Waals surface area contributed by atoms with Crippen LogP contribution in [0.15, 0.2) is 54.7 Å². The number of nitrogens with one attached hydrogen (secondary N) is 2. The molecule has 0 bridgehead atoms. The summed E-state index contributed by atoms with van der Waals surface area (Å²) in [6.45, 7) is 5.93. The molecule has 1 fully saturated rings. The lowest BCUT2D eigenvalue weighted by atomic mass is 10.1. The summed E-state index contributed by atoms with van der Waals surface area (Å²) in [7, 11) is 3.16. The predicted octanol–water partition coefficient (Wildman–Crippen LogP) is 4.70. The third kappa shape index (κ3) is 6.12. The molecule has 0 unspecified atom stereocenters. The number of piperidine rings is 1. The molecular formula is C30H35N5O5. The average molecular weight is 546 g/mol. The zero-order valence-electron chi connectivity index (χ0n) is 23.1. The molecule has 0 aliphatic carbocycles. The molecule has 2 aromatic carbocycles. The maximum absolute atomic E-state index is 12.9. The zero-order valence-corrected chi connectivity index (χ0v) is 23.1. The van der Waals surface area contributed by atoms with Crippen LogP contribution in [0.5, 0.6) is 23.0 Å². The maximum atomic E-state index is 12.9. The molecule has 2 N–H and O–H groups in total. The van der Waals surface area contributed by atoms with Crippen molar-refractivity contribution in [2.45, 2.75) is 32.3 Å². The smallest absolute Gasteiger partial charge is 0.321 e. The van der Waals surface area contributed by atoms with Crippen LogP contribution in [0.1, 0.15) is 35.7 Å². The van der Waals surface area contributed by atoms with Crippen LogP contribution in [0, 0.1) is 0 Å². The molecule has 0 atom stereocenters. The summed E-state index contributed by atoms with van der Waals surface area (Å²) in [5, 5.41) is 5.49. The van der Waals surface area contributed by atoms with Gasteiger partial charge in [-0.15, -0.1) is 0 Å². The van der Waals surface area contributed by atoms with Crippen LogP contribution >= 0.6 is 0 Å². The highest BCUT2D eigenvalue weighted by Gasteiger charge is 2.26. The second-order valence-electron chi connectivity index (χ2n) is 9.80. The topological polar surface area (TPSA) is 105 Å². The summed E-state index contributed by atoms with van der Waals surface area (Å²) < 4.78 is 17.8. The summed E-state index contributed by atoms with van der Waals surface area (Å²) in [5.74, 6) is 2.34. The van der Waals surface area contributed by atoms with E-state index in [0.717, 1.165) is 49.5 Å². The number of carbonyl (C=O) groups excluding carboxylic acids is 2. The van der Waals surface area contributed by atoms with Crippen molar-refractivity contribution in [2.24, 2.45) is 0 Å². The Morgan fingerprint density at radius 1 is 1.00 bits per heavy atom. The van der Waals surface area contributed by atoms with Crippen molar-refractivity contribution in [2.75, 3.05) is 50.6 Å². The number of methoxy groups -OCH3 is 1. The third-order valence-corrected chi connectivity index (χ3v) is 7.32. The molecule has 3 amide bonds. The Bertz CT molecular complexity index is 1360. The van der Waals surface area contributed by atoms with Crippen molar-refractivity contribution in [1.29, 1.82) is 0 Å². The van der Waals surface area contributed by atoms with Crippen LogP contribution in [0.4, 0.5) is 16.3 Å². The van der Waals surface area contributed by atoms with E-state index in [4.69, 9.17) is 14.2 Å². The van der Waals surface area contributed by atoms with Gasteiger partial charge in [-0.25, -0.2) is 9.78 Å². The Kier molecular flexibility index (Phi) is 8.35. The first-order valence-electron chi connectivity index (χ1n) is 13.6. The number of carbonyl (C=O) groups is 2. The number of fused-ring (bicyclic) bond motifs is 1. The van der Waals surface area contributed by atoms with Gasteiger partial charge in [0.1, 0.15) is 23.4 Å². The van der Waals surface area contributed by atoms with Crippen LogP contribution in [-0.2, 0) is 6.42 Å². The molecule has 210 valence electrons. The number of benzene rings is 2. The molecule has 2 aliphatic heterocycles. The molecule has 0 saturated carbocycles. The standard InChI is InChI=1S/C30H35N5O5/c1-4-34-14-11-23(12-15-34)39-22-7-5-20(6-8-22)29(36)33-28-18-24(9-13-32-28)40-27-17-21-10-16-35(30(37)31-2)25(21)19-26(27)38-3/h5-9,13,17-19,23H,4,10-12,14-16H2,1-3H3,(H,31,37)(H,32,33,36). The van der Waals surface area contributed by atoms with Gasteiger partial charge in [-0.3, -0.25) is 9.69 Å². The van der Waals surface area contributed by atoms with E-state index in [1.807, 2.05) is 18.2 Å². The van der Waals surface area contributed by atoms with Crippen molar-refractivity contribution < 1.29 is 23.8 Å². The molecular weight excluding hydrogens is 510 g/mol. The summed E-state index contributed by atoms with van der Waals surface area (Å²) in [4.78, 5) is 33.5. The highest BCUT2D eigenvalue weighted by molar-refractivity contribution is 6.03. The molecule has 3 aromatic rings. The molecule has 0 spiro atoms. The fourth-order valence-electron chi connectivity index (χ4n) is 5.06. The van der Waals surface area contributed by atoms with Gasteiger partial charge in [0.05, 0.1) is 12.8 Å². The number of anilines is 2. The monoisotopic (exact) mass is 545 g/mol. The van der Waals surface area contributed by atoms with E-state index in [9.17, 15) is 9.59 Å². The molecule has 10 heteroatoms. The molecule has 3 heterocycles. The number of nitrogens with zero attached hydrogens (tertiary/aromatic N) is 3. The van der Waals surface area contributed by atoms with Crippen LogP contribution in [0.3, 0.4) is 0 Å². The van der Waals surface area contributed by atoms with Gasteiger partial charge in [0.25, 0.3) is 5.91 Å². The summed E-state index contributed by atoms with van der Waals surface area (Å²) in [6.07, 6.45) is 4.49. The van der Waals surface area contributed by atoms with E-state index in [1.165, 1.54) is 0 Å². The summed E-state index contributed by atoms with van der Waals surface area (Å²) >= 11 is 0. The second-order valence-corrected chi connectivity index (χ2v) is 9.80. The number of rotatable bonds is 8. The second kappa shape index (κ2) is 12.3. The number of hydrogen-bond acceptors (Lipinski definition) is 7. The van der Waals surface area contributed by atoms with Gasteiger partial charge >= 0.3 is 6.03 Å². The first-order chi connectivity index (χ1) is 19.5. The number of pyridine rings is 1. The first kappa shape index (κ1) is 27.3. The normalized spacial score (nSPS) is 15.3. The fraction of sp³-hybridized carbons (Fsp3) is 0.367. The number of hydrogen-bond donors (Lipinski definition) is 2. The molecule has 2 aliphatic rings. The van der Waals surface area contributed by atoms with E-state index in [2.05, 4.69) is 27.4 Å². The fourth-order valence-corrected chi connectivity index (χ4v) is 5.06. The number of aromatic nitrogens is 1. The summed E-state index contributed by atoms with van der Waals surface area (Å²) in [5.41, 5.74) is 2.28. The minimum absolute atomic E-state index is 0.168. The zero-order chi connectivity index (χ0) is 28.1. The third-order valence-electron chi connectivity index (χ3n) is 7.32. The van der Waals surface area contributed by atoms with Crippen molar-refractivity contribution in [1.82, 2.24) is 15.2 Å². The van der Waals surface area contributed by atoms with Gasteiger partial charge in [-0.1, -0.05) is 6.92 Å². The van der Waals surface area contributed by atoms with Gasteiger partial charge < -0.3 is 29.7 Å². The van der Waals surface area contributed by atoms with Crippen LogP contribution in [0.25, 0.3) is 0 Å². The predicted molar refractivity (Wildman–Crippen MR) is 153 cm³/mol. The lowest BCUT2D eigenvalue weighted by Gasteiger charge is -2.31. The van der Waals surface area contributed by atoms with Gasteiger partial charge in [0, 0.05) is 50.6 Å². The molecule has 1 saturated heterocycles. The molecule has 5 rings (SSSR count). The first-order valence-corrected chi connectivity index (χ1v) is 13.6. The molecule has 1 aromatic heterocycles. The Balaban J connectivity index is 1.22. The van der Waals surface area contributed by atoms with Gasteiger partial charge in [0.15, 0.2) is 11.5 Å². The molecule has 40 heavy (non-hydrogen) atoms. The highest BCUT2D eigenvalue weighted by atomic mass is 16.5. The SMILES string of the molecule is CCN1CCC(Oc2ccc(C(=O)Nc3cc(Oc4cc5c(cc4OC)N(C(=O)NC)CC5)ccn3)cc2)CC1. The van der Waals surface area contributed by atoms with E-state index in [1.54, 1.807) is 55.6 Å². The Labute approximate surface area is 234 Å². The quantitative estimate of drug-likeness (QED) is 0.423. The number of amides is 3. The lowest BCUT2D eigenvalue weighted by Crippen LogP contribution is -2.37. The molecule has 0 radical (unpaired) electrons. The van der Waals surface area contributed by atoms with Crippen molar-refractivity contribution in [3.8, 4) is 23.0 Å². The Morgan fingerprint density at radius 2 is 1.77 bits per heavy atom. The largest absolute Gasteiger partial charge is 0.493 e. The number of likely N-dealkylation sites (tertiary alicyclic amines) is 1. The van der Waals surface area contributed by atoms with E-state index >= 15 is 0 Å². The van der Waals surface area contributed by atoms with Gasteiger partial charge in [0.2, 0.25) is 0 Å². The number of ether oxygens (including phenoxy) is 3. The Hall–Kier alpha value is -4.31. The minimum atomic E-state index is -0.281. The van der Waals surface area contributed by atoms with E-state index in [-0.39, 0.29) is 18.0 Å². The lowest BCUT2D eigenvalue weighted by molar-refractivity contribution is 0.102. The highest BCUT2D eigenvalue weighted by Crippen LogP contribution is 2.40. The van der Waals surface area contributed by atoms with Gasteiger partial charge in [-0.05, 0) is 67.8 Å². The van der Waals surface area contributed by atoms with E-state index in [0.29, 0.717) is 41.6 Å². The van der Waals surface area contributed by atoms with Crippen LogP contribution in [0.2, 0.25) is 0 Å². The van der Waals surface area contributed by atoms with E-state index < -0.39 is 0 Å². The number of urea groups is 1. The minimum Gasteiger partial charge on any atom is -0.493 e. The van der Waals surface area contributed by atoms with Crippen molar-refractivity contribution in [3.63, 3.8) is 0 Å². The maximum Gasteiger partial charge on any atom is 0.321 e. The average Bonchev–Trinajstić information content (AvgIpc) is 3.40. The van der Waals surface area contributed by atoms with Crippen LogP contribution < -0.4 is 29.7 Å². The van der Waals surface area contributed by atoms with Crippen molar-refractivity contribution >= 4 is 23.4 Å². The molecule has 10 nitrogen and oxygen atoms in total. The summed E-state index contributed by atoms with van der Waals surface area (Å²) in [6, 6.07) is 14.0.